The van der Waals surface area contributed by atoms with Crippen LogP contribution in [0.3, 0.4) is 0 Å². The van der Waals surface area contributed by atoms with Crippen LogP contribution in [-0.4, -0.2) is 50.6 Å². The molecule has 206 valence electrons. The van der Waals surface area contributed by atoms with Crippen LogP contribution < -0.4 is 16.0 Å². The molecule has 0 fully saturated rings. The van der Waals surface area contributed by atoms with Crippen LogP contribution in [0.5, 0.6) is 0 Å². The molecule has 0 atom stereocenters. The van der Waals surface area contributed by atoms with Crippen molar-refractivity contribution in [1.29, 1.82) is 0 Å². The van der Waals surface area contributed by atoms with Gasteiger partial charge in [-0.05, 0) is 51.9 Å². The second-order valence-corrected chi connectivity index (χ2v) is 8.08. The van der Waals surface area contributed by atoms with Gasteiger partial charge in [-0.25, -0.2) is 4.79 Å². The Morgan fingerprint density at radius 3 is 1.76 bits per heavy atom. The van der Waals surface area contributed by atoms with Crippen LogP contribution in [0, 0.1) is 0 Å². The van der Waals surface area contributed by atoms with E-state index in [1.54, 1.807) is 6.92 Å². The fourth-order valence-electron chi connectivity index (χ4n) is 2.92. The number of unbranched alkanes of at least 4 members (excludes halogenated alkanes) is 1. The zero-order valence-electron chi connectivity index (χ0n) is 22.8. The van der Waals surface area contributed by atoms with Crippen LogP contribution in [0.1, 0.15) is 65.2 Å². The smallest absolute Gasteiger partial charge is 0.330 e. The molecule has 0 aliphatic heterocycles. The highest BCUT2D eigenvalue weighted by Gasteiger charge is 2.00. The average molecular weight is 514 g/mol. The van der Waals surface area contributed by atoms with Crippen molar-refractivity contribution < 1.29 is 19.1 Å². The zero-order chi connectivity index (χ0) is 27.2. The Morgan fingerprint density at radius 1 is 0.649 bits per heavy atom. The summed E-state index contributed by atoms with van der Waals surface area (Å²) >= 11 is 0. The highest BCUT2D eigenvalue weighted by atomic mass is 16.5. The van der Waals surface area contributed by atoms with Gasteiger partial charge in [-0.15, -0.1) is 0 Å². The highest BCUT2D eigenvalue weighted by molar-refractivity contribution is 5.94. The van der Waals surface area contributed by atoms with E-state index in [0.29, 0.717) is 32.6 Å². The van der Waals surface area contributed by atoms with Crippen molar-refractivity contribution in [2.75, 3.05) is 32.8 Å². The number of esters is 1. The molecule has 0 aliphatic rings. The van der Waals surface area contributed by atoms with Gasteiger partial charge >= 0.3 is 5.97 Å². The summed E-state index contributed by atoms with van der Waals surface area (Å²) < 4.78 is 4.70. The van der Waals surface area contributed by atoms with Crippen LogP contribution in [0.15, 0.2) is 72.9 Å². The number of carbonyl (C=O) groups is 3. The van der Waals surface area contributed by atoms with Crippen LogP contribution in [0.4, 0.5) is 0 Å². The maximum absolute atomic E-state index is 11.9. The number of nitrogens with one attached hydrogen (secondary N) is 3. The first-order valence-electron chi connectivity index (χ1n) is 13.4. The number of carbonyl (C=O) groups excluding carboxylic acids is 3. The number of ether oxygens (including phenoxy) is 1. The number of hydrogen-bond donors (Lipinski definition) is 3. The third-order valence-corrected chi connectivity index (χ3v) is 4.81. The molecule has 0 radical (unpaired) electrons. The molecule has 0 aromatic heterocycles. The van der Waals surface area contributed by atoms with E-state index in [1.165, 1.54) is 0 Å². The molecule has 0 heterocycles. The third kappa shape index (κ3) is 27.2. The quantitative estimate of drug-likeness (QED) is 0.0832. The molecule has 2 amide bonds. The molecule has 0 unspecified atom stereocenters. The van der Waals surface area contributed by atoms with Gasteiger partial charge in [0.25, 0.3) is 0 Å². The van der Waals surface area contributed by atoms with Crippen molar-refractivity contribution in [3.05, 3.63) is 72.9 Å². The van der Waals surface area contributed by atoms with Gasteiger partial charge < -0.3 is 20.7 Å². The summed E-state index contributed by atoms with van der Waals surface area (Å²) in [5.74, 6) is -0.841. The van der Waals surface area contributed by atoms with Gasteiger partial charge in [-0.1, -0.05) is 67.7 Å². The molecule has 0 bridgehead atoms. The summed E-state index contributed by atoms with van der Waals surface area (Å²) in [7, 11) is 0. The Bertz CT molecular complexity index is 780. The van der Waals surface area contributed by atoms with E-state index in [2.05, 4.69) is 83.6 Å². The standard InChI is InChI=1S/C30H47N3O4/c1-3-5-6-7-8-9-10-11-12-13-14-15-16-17-18-19-20-21-28(34)32-26-24-31-25-27-33-29(35)22-23-30(36)37-4-2/h5-6,8-9,11-12,14-15,17-18,22-23,31H,3-4,7,10,13,16,19-21,24-27H2,1-2H3,(H,32,34)(H,33,35)/b6-5-,9-8-,12-11-,15-14-,18-17-,23-22+. The molecule has 0 aromatic carbocycles. The fourth-order valence-corrected chi connectivity index (χ4v) is 2.92. The van der Waals surface area contributed by atoms with E-state index < -0.39 is 5.97 Å². The maximum Gasteiger partial charge on any atom is 0.330 e. The van der Waals surface area contributed by atoms with Crippen LogP contribution in [-0.2, 0) is 19.1 Å². The minimum Gasteiger partial charge on any atom is -0.463 e. The molecule has 0 saturated carbocycles. The Morgan fingerprint density at radius 2 is 1.19 bits per heavy atom. The Balaban J connectivity index is 3.56. The molecule has 7 nitrogen and oxygen atoms in total. The monoisotopic (exact) mass is 513 g/mol. The summed E-state index contributed by atoms with van der Waals surface area (Å²) in [6, 6.07) is 0. The van der Waals surface area contributed by atoms with E-state index in [9.17, 15) is 14.4 Å². The lowest BCUT2D eigenvalue weighted by atomic mass is 10.2. The van der Waals surface area contributed by atoms with Gasteiger partial charge in [0.15, 0.2) is 0 Å². The van der Waals surface area contributed by atoms with Gasteiger partial charge in [0.05, 0.1) is 6.61 Å². The van der Waals surface area contributed by atoms with Crippen molar-refractivity contribution in [2.45, 2.75) is 65.2 Å². The predicted octanol–water partition coefficient (Wildman–Crippen LogP) is 4.85. The molecule has 7 heteroatoms. The van der Waals surface area contributed by atoms with E-state index in [-0.39, 0.29) is 18.4 Å². The first-order chi connectivity index (χ1) is 18.1. The largest absolute Gasteiger partial charge is 0.463 e. The van der Waals surface area contributed by atoms with E-state index in [1.807, 2.05) is 0 Å². The average Bonchev–Trinajstić information content (AvgIpc) is 2.88. The van der Waals surface area contributed by atoms with Gasteiger partial charge in [-0.3, -0.25) is 9.59 Å². The molecule has 0 saturated heterocycles. The SMILES string of the molecule is CC/C=C\C/C=C\C/C=C\C/C=C\C/C=C\CCCC(=O)NCCNCCNC(=O)/C=C/C(=O)OCC. The van der Waals surface area contributed by atoms with Crippen molar-refractivity contribution in [1.82, 2.24) is 16.0 Å². The third-order valence-electron chi connectivity index (χ3n) is 4.81. The minimum atomic E-state index is -0.538. The topological polar surface area (TPSA) is 96.5 Å². The lowest BCUT2D eigenvalue weighted by Gasteiger charge is -2.07. The molecule has 0 aromatic rings. The predicted molar refractivity (Wildman–Crippen MR) is 153 cm³/mol. The first kappa shape index (κ1) is 33.8. The normalized spacial score (nSPS) is 12.2. The summed E-state index contributed by atoms with van der Waals surface area (Å²) in [6.07, 6.45) is 31.2. The van der Waals surface area contributed by atoms with Crippen molar-refractivity contribution in [2.24, 2.45) is 0 Å². The summed E-state index contributed by atoms with van der Waals surface area (Å²) in [4.78, 5) is 34.5. The van der Waals surface area contributed by atoms with Gasteiger partial charge in [-0.2, -0.15) is 0 Å². The summed E-state index contributed by atoms with van der Waals surface area (Å²) in [5.41, 5.74) is 0. The first-order valence-corrected chi connectivity index (χ1v) is 13.4. The second kappa shape index (κ2) is 27.4. The molecular formula is C30H47N3O4. The van der Waals surface area contributed by atoms with Crippen molar-refractivity contribution >= 4 is 17.8 Å². The maximum atomic E-state index is 11.9. The molecule has 0 rings (SSSR count). The summed E-state index contributed by atoms with van der Waals surface area (Å²) in [5, 5.41) is 8.67. The lowest BCUT2D eigenvalue weighted by molar-refractivity contribution is -0.137. The van der Waals surface area contributed by atoms with E-state index >= 15 is 0 Å². The molecule has 0 aliphatic carbocycles. The highest BCUT2D eigenvalue weighted by Crippen LogP contribution is 1.99. The lowest BCUT2D eigenvalue weighted by Crippen LogP contribution is -2.36. The van der Waals surface area contributed by atoms with E-state index in [0.717, 1.165) is 57.1 Å². The second-order valence-electron chi connectivity index (χ2n) is 8.08. The van der Waals surface area contributed by atoms with Crippen molar-refractivity contribution in [3.63, 3.8) is 0 Å². The van der Waals surface area contributed by atoms with Gasteiger partial charge in [0.2, 0.25) is 11.8 Å². The Hall–Kier alpha value is -3.19. The van der Waals surface area contributed by atoms with E-state index in [4.69, 9.17) is 4.74 Å². The Labute approximate surface area is 223 Å². The number of amides is 2. The van der Waals surface area contributed by atoms with Crippen LogP contribution in [0.25, 0.3) is 0 Å². The molecule has 3 N–H and O–H groups in total. The van der Waals surface area contributed by atoms with Crippen LogP contribution in [0.2, 0.25) is 0 Å². The zero-order valence-corrected chi connectivity index (χ0v) is 22.8. The molecule has 37 heavy (non-hydrogen) atoms. The van der Waals surface area contributed by atoms with Crippen molar-refractivity contribution in [3.8, 4) is 0 Å². The Kier molecular flexibility index (Phi) is 25.0. The van der Waals surface area contributed by atoms with Gasteiger partial charge in [0.1, 0.15) is 0 Å². The minimum absolute atomic E-state index is 0.0477. The van der Waals surface area contributed by atoms with Crippen LogP contribution >= 0.6 is 0 Å². The number of allylic oxidation sites excluding steroid dienone is 10. The summed E-state index contributed by atoms with van der Waals surface area (Å²) in [6.45, 7) is 6.27. The molecule has 0 spiro atoms. The number of rotatable bonds is 22. The van der Waals surface area contributed by atoms with Gasteiger partial charge in [0, 0.05) is 44.8 Å². The fraction of sp³-hybridized carbons (Fsp3) is 0.500. The molecular weight excluding hydrogens is 466 g/mol. The number of hydrogen-bond acceptors (Lipinski definition) is 5.